The first-order valence-electron chi connectivity index (χ1n) is 10.4. The van der Waals surface area contributed by atoms with E-state index in [4.69, 9.17) is 9.47 Å². The fraction of sp³-hybridized carbons (Fsp3) is 0.682. The summed E-state index contributed by atoms with van der Waals surface area (Å²) in [6.07, 6.45) is 3.73. The third-order valence-electron chi connectivity index (χ3n) is 6.44. The molecule has 1 aromatic rings. The Hall–Kier alpha value is -0.900. The molecule has 0 spiro atoms. The van der Waals surface area contributed by atoms with Crippen LogP contribution in [0.2, 0.25) is 0 Å². The van der Waals surface area contributed by atoms with E-state index in [9.17, 15) is 5.11 Å². The van der Waals surface area contributed by atoms with E-state index in [1.165, 1.54) is 11.1 Å². The van der Waals surface area contributed by atoms with Crippen molar-refractivity contribution in [3.05, 3.63) is 35.4 Å². The molecule has 0 aromatic heterocycles. The van der Waals surface area contributed by atoms with Crippen LogP contribution in [0.15, 0.2) is 29.3 Å². The van der Waals surface area contributed by atoms with E-state index in [2.05, 4.69) is 46.8 Å². The molecule has 3 rings (SSSR count). The summed E-state index contributed by atoms with van der Waals surface area (Å²) in [5.74, 6) is 0.809. The molecule has 2 heterocycles. The van der Waals surface area contributed by atoms with Crippen LogP contribution in [0.5, 0.6) is 0 Å². The predicted octanol–water partition coefficient (Wildman–Crippen LogP) is 2.62. The van der Waals surface area contributed by atoms with Crippen molar-refractivity contribution in [2.75, 3.05) is 53.2 Å². The number of hydrogen-bond acceptors (Lipinski definition) is 4. The quantitative estimate of drug-likeness (QED) is 0.295. The normalized spacial score (nSPS) is 24.0. The first-order valence-corrected chi connectivity index (χ1v) is 10.4. The molecule has 2 fully saturated rings. The van der Waals surface area contributed by atoms with Gasteiger partial charge in [-0.1, -0.05) is 24.3 Å². The molecule has 2 saturated heterocycles. The van der Waals surface area contributed by atoms with Crippen LogP contribution < -0.4 is 10.6 Å². The zero-order valence-electron chi connectivity index (χ0n) is 17.7. The van der Waals surface area contributed by atoms with E-state index in [0.717, 1.165) is 64.6 Å². The Morgan fingerprint density at radius 2 is 1.76 bits per heavy atom. The minimum atomic E-state index is -0.00124. The molecule has 29 heavy (non-hydrogen) atoms. The summed E-state index contributed by atoms with van der Waals surface area (Å²) in [4.78, 5) is 4.43. The van der Waals surface area contributed by atoms with Crippen molar-refractivity contribution >= 4 is 29.9 Å². The maximum Gasteiger partial charge on any atom is 0.191 e. The zero-order chi connectivity index (χ0) is 19.9. The Morgan fingerprint density at radius 1 is 1.07 bits per heavy atom. The number of halogens is 1. The number of nitrogens with zero attached hydrogens (tertiary/aromatic N) is 1. The molecule has 1 atom stereocenters. The van der Waals surface area contributed by atoms with E-state index in [1.807, 2.05) is 7.05 Å². The number of aryl methyl sites for hydroxylation is 1. The number of aliphatic imine (C=N–C) groups is 1. The molecule has 1 unspecified atom stereocenters. The maximum atomic E-state index is 9.43. The van der Waals surface area contributed by atoms with Gasteiger partial charge in [0.05, 0.1) is 6.61 Å². The topological polar surface area (TPSA) is 75.1 Å². The Labute approximate surface area is 191 Å². The summed E-state index contributed by atoms with van der Waals surface area (Å²) in [5, 5.41) is 16.5. The van der Waals surface area contributed by atoms with Gasteiger partial charge in [-0.05, 0) is 43.7 Å². The van der Waals surface area contributed by atoms with Crippen molar-refractivity contribution in [2.24, 2.45) is 10.4 Å². The fourth-order valence-electron chi connectivity index (χ4n) is 4.53. The second kappa shape index (κ2) is 11.5. The molecule has 6 nitrogen and oxygen atoms in total. The highest BCUT2D eigenvalue weighted by Gasteiger charge is 2.37. The summed E-state index contributed by atoms with van der Waals surface area (Å²) in [6.45, 7) is 7.01. The lowest BCUT2D eigenvalue weighted by Gasteiger charge is -2.39. The van der Waals surface area contributed by atoms with Crippen LogP contribution in [-0.2, 0) is 14.9 Å². The molecular weight excluding hydrogens is 481 g/mol. The van der Waals surface area contributed by atoms with Crippen molar-refractivity contribution in [3.63, 3.8) is 0 Å². The van der Waals surface area contributed by atoms with Crippen LogP contribution in [0.3, 0.4) is 0 Å². The number of aliphatic hydroxyl groups excluding tert-OH is 1. The Balaban J connectivity index is 0.00000300. The standard InChI is InChI=1S/C22H35N3O3.HI/c1-18-5-3-4-6-19(18)22(9-13-27-14-10-22)16-25-20(23-2)24-15-21(7-11-26)8-12-28-17-21;/h3-6,26H,7-17H2,1-2H3,(H2,23,24,25);1H. The third kappa shape index (κ3) is 6.06. The van der Waals surface area contributed by atoms with Crippen LogP contribution in [0, 0.1) is 12.3 Å². The van der Waals surface area contributed by atoms with Crippen LogP contribution >= 0.6 is 24.0 Å². The van der Waals surface area contributed by atoms with E-state index in [0.29, 0.717) is 6.61 Å². The maximum absolute atomic E-state index is 9.43. The van der Waals surface area contributed by atoms with E-state index in [1.54, 1.807) is 0 Å². The molecule has 2 aliphatic rings. The third-order valence-corrected chi connectivity index (χ3v) is 6.44. The average molecular weight is 517 g/mol. The van der Waals surface area contributed by atoms with Gasteiger partial charge >= 0.3 is 0 Å². The highest BCUT2D eigenvalue weighted by molar-refractivity contribution is 14.0. The van der Waals surface area contributed by atoms with Crippen molar-refractivity contribution < 1.29 is 14.6 Å². The zero-order valence-corrected chi connectivity index (χ0v) is 20.0. The van der Waals surface area contributed by atoms with Gasteiger partial charge in [0.15, 0.2) is 5.96 Å². The van der Waals surface area contributed by atoms with E-state index >= 15 is 0 Å². The average Bonchev–Trinajstić information content (AvgIpc) is 3.18. The van der Waals surface area contributed by atoms with Gasteiger partial charge in [0.25, 0.3) is 0 Å². The second-order valence-electron chi connectivity index (χ2n) is 8.26. The van der Waals surface area contributed by atoms with Gasteiger partial charge in [-0.15, -0.1) is 24.0 Å². The van der Waals surface area contributed by atoms with Crippen molar-refractivity contribution in [1.29, 1.82) is 0 Å². The summed E-state index contributed by atoms with van der Waals surface area (Å²) in [5.41, 5.74) is 2.79. The lowest BCUT2D eigenvalue weighted by atomic mass is 9.72. The fourth-order valence-corrected chi connectivity index (χ4v) is 4.53. The molecule has 164 valence electrons. The first-order chi connectivity index (χ1) is 13.6. The monoisotopic (exact) mass is 517 g/mol. The van der Waals surface area contributed by atoms with E-state index in [-0.39, 0.29) is 41.4 Å². The number of ether oxygens (including phenoxy) is 2. The van der Waals surface area contributed by atoms with Gasteiger partial charge in [0, 0.05) is 57.4 Å². The summed E-state index contributed by atoms with van der Waals surface area (Å²) in [7, 11) is 1.81. The number of benzene rings is 1. The molecule has 2 aliphatic heterocycles. The number of rotatable bonds is 7. The predicted molar refractivity (Wildman–Crippen MR) is 127 cm³/mol. The Kier molecular flexibility index (Phi) is 9.65. The van der Waals surface area contributed by atoms with Crippen molar-refractivity contribution in [1.82, 2.24) is 10.6 Å². The number of guanidine groups is 1. The Bertz CT molecular complexity index is 656. The van der Waals surface area contributed by atoms with Crippen molar-refractivity contribution in [3.8, 4) is 0 Å². The summed E-state index contributed by atoms with van der Waals surface area (Å²) >= 11 is 0. The smallest absolute Gasteiger partial charge is 0.191 e. The highest BCUT2D eigenvalue weighted by atomic mass is 127. The molecule has 1 aromatic carbocycles. The van der Waals surface area contributed by atoms with Crippen LogP contribution in [0.25, 0.3) is 0 Å². The minimum absolute atomic E-state index is 0. The SMILES string of the molecule is CN=C(NCC1(CCO)CCOC1)NCC1(c2ccccc2C)CCOCC1.I. The van der Waals surface area contributed by atoms with Gasteiger partial charge in [-0.2, -0.15) is 0 Å². The van der Waals surface area contributed by atoms with Gasteiger partial charge in [0.1, 0.15) is 0 Å². The number of aliphatic hydroxyl groups is 1. The molecule has 3 N–H and O–H groups in total. The first kappa shape index (κ1) is 24.4. The van der Waals surface area contributed by atoms with Gasteiger partial charge < -0.3 is 25.2 Å². The lowest BCUT2D eigenvalue weighted by Crippen LogP contribution is -2.50. The van der Waals surface area contributed by atoms with Gasteiger partial charge in [-0.3, -0.25) is 4.99 Å². The molecule has 0 aliphatic carbocycles. The molecule has 0 radical (unpaired) electrons. The second-order valence-corrected chi connectivity index (χ2v) is 8.26. The lowest BCUT2D eigenvalue weighted by molar-refractivity contribution is 0.0511. The minimum Gasteiger partial charge on any atom is -0.396 e. The van der Waals surface area contributed by atoms with E-state index < -0.39 is 0 Å². The van der Waals surface area contributed by atoms with Gasteiger partial charge in [-0.25, -0.2) is 0 Å². The molecule has 0 bridgehead atoms. The number of hydrogen-bond donors (Lipinski definition) is 3. The highest BCUT2D eigenvalue weighted by Crippen LogP contribution is 2.36. The molecule has 0 amide bonds. The summed E-state index contributed by atoms with van der Waals surface area (Å²) < 4.78 is 11.3. The summed E-state index contributed by atoms with van der Waals surface area (Å²) in [6, 6.07) is 8.68. The molecule has 7 heteroatoms. The van der Waals surface area contributed by atoms with Crippen molar-refractivity contribution in [2.45, 2.75) is 38.0 Å². The molecule has 0 saturated carbocycles. The largest absolute Gasteiger partial charge is 0.396 e. The molecular formula is C22H36IN3O3. The van der Waals surface area contributed by atoms with Crippen LogP contribution in [0.4, 0.5) is 0 Å². The van der Waals surface area contributed by atoms with Gasteiger partial charge in [0.2, 0.25) is 0 Å². The number of nitrogens with one attached hydrogen (secondary N) is 2. The van der Waals surface area contributed by atoms with Crippen LogP contribution in [0.1, 0.15) is 36.8 Å². The Morgan fingerprint density at radius 3 is 2.38 bits per heavy atom. The van der Waals surface area contributed by atoms with Crippen LogP contribution in [-0.4, -0.2) is 64.2 Å².